The minimum absolute atomic E-state index is 0.152. The summed E-state index contributed by atoms with van der Waals surface area (Å²) < 4.78 is 3.21. The zero-order chi connectivity index (χ0) is 18.1. The molecule has 0 aliphatic carbocycles. The highest BCUT2D eigenvalue weighted by Crippen LogP contribution is 2.18. The van der Waals surface area contributed by atoms with Crippen LogP contribution in [0.5, 0.6) is 0 Å². The molecule has 130 valence electrons. The van der Waals surface area contributed by atoms with E-state index in [0.717, 1.165) is 11.1 Å². The molecule has 2 heterocycles. The van der Waals surface area contributed by atoms with Crippen molar-refractivity contribution in [2.24, 2.45) is 0 Å². The van der Waals surface area contributed by atoms with Gasteiger partial charge >= 0.3 is 0 Å². The monoisotopic (exact) mass is 384 g/mol. The highest BCUT2D eigenvalue weighted by molar-refractivity contribution is 6.31. The molecule has 26 heavy (non-hydrogen) atoms. The van der Waals surface area contributed by atoms with Gasteiger partial charge in [-0.05, 0) is 23.3 Å². The molecule has 0 spiro atoms. The first kappa shape index (κ1) is 16.8. The van der Waals surface area contributed by atoms with E-state index in [1.54, 1.807) is 16.9 Å². The van der Waals surface area contributed by atoms with Crippen LogP contribution < -0.4 is 5.56 Å². The molecule has 7 heteroatoms. The number of hydrogen-bond acceptors (Lipinski definition) is 3. The highest BCUT2D eigenvalue weighted by Gasteiger charge is 2.11. The molecule has 0 unspecified atom stereocenters. The van der Waals surface area contributed by atoms with Gasteiger partial charge in [0.25, 0.3) is 5.56 Å². The molecular formula is C19H14Cl2N4O. The van der Waals surface area contributed by atoms with Crippen molar-refractivity contribution in [2.45, 2.75) is 13.1 Å². The molecule has 0 aliphatic heterocycles. The van der Waals surface area contributed by atoms with Gasteiger partial charge in [-0.15, -0.1) is 0 Å². The maximum atomic E-state index is 12.8. The minimum Gasteiger partial charge on any atom is -0.294 e. The lowest BCUT2D eigenvalue weighted by Crippen LogP contribution is -2.20. The fourth-order valence-corrected chi connectivity index (χ4v) is 3.18. The van der Waals surface area contributed by atoms with Crippen molar-refractivity contribution >= 4 is 34.2 Å². The number of fused-ring (bicyclic) bond motifs is 1. The van der Waals surface area contributed by atoms with E-state index in [9.17, 15) is 4.79 Å². The van der Waals surface area contributed by atoms with E-state index in [1.807, 2.05) is 42.5 Å². The second-order valence-electron chi connectivity index (χ2n) is 5.92. The highest BCUT2D eigenvalue weighted by atomic mass is 35.5. The maximum Gasteiger partial charge on any atom is 0.264 e. The molecule has 0 bridgehead atoms. The molecule has 0 radical (unpaired) electrons. The summed E-state index contributed by atoms with van der Waals surface area (Å²) in [6, 6.07) is 15.0. The first-order valence-corrected chi connectivity index (χ1v) is 8.77. The van der Waals surface area contributed by atoms with Crippen LogP contribution in [0.4, 0.5) is 0 Å². The smallest absolute Gasteiger partial charge is 0.264 e. The molecular weight excluding hydrogens is 371 g/mol. The zero-order valence-electron chi connectivity index (χ0n) is 13.6. The molecule has 2 aromatic heterocycles. The number of rotatable bonds is 4. The third kappa shape index (κ3) is 3.23. The molecule has 0 amide bonds. The van der Waals surface area contributed by atoms with Gasteiger partial charge in [-0.2, -0.15) is 5.10 Å². The molecule has 0 atom stereocenters. The molecule has 4 rings (SSSR count). The summed E-state index contributed by atoms with van der Waals surface area (Å²) in [5, 5.41) is 6.13. The third-order valence-corrected chi connectivity index (χ3v) is 4.88. The van der Waals surface area contributed by atoms with Crippen molar-refractivity contribution in [1.29, 1.82) is 0 Å². The van der Waals surface area contributed by atoms with Crippen molar-refractivity contribution in [3.8, 4) is 0 Å². The van der Waals surface area contributed by atoms with Crippen LogP contribution >= 0.6 is 23.2 Å². The van der Waals surface area contributed by atoms with Crippen LogP contribution in [0.15, 0.2) is 65.8 Å². The number of hydrogen-bond donors (Lipinski definition) is 0. The van der Waals surface area contributed by atoms with Crippen molar-refractivity contribution in [3.05, 3.63) is 92.6 Å². The van der Waals surface area contributed by atoms with Crippen molar-refractivity contribution in [3.63, 3.8) is 0 Å². The summed E-state index contributed by atoms with van der Waals surface area (Å²) in [6.07, 6.45) is 3.21. The van der Waals surface area contributed by atoms with E-state index < -0.39 is 0 Å². The standard InChI is InChI=1S/C19H14Cl2N4O/c20-16-7-3-1-5-13(16)9-24-12-22-18-15(19(24)26)11-25(23-18)10-14-6-2-4-8-17(14)21/h1-8,11-12H,9-10H2. The Morgan fingerprint density at radius 2 is 1.50 bits per heavy atom. The summed E-state index contributed by atoms with van der Waals surface area (Å²) in [6.45, 7) is 0.830. The van der Waals surface area contributed by atoms with E-state index in [0.29, 0.717) is 34.2 Å². The molecule has 4 aromatic rings. The normalized spacial score (nSPS) is 11.2. The lowest BCUT2D eigenvalue weighted by atomic mass is 10.2. The Bertz CT molecular complexity index is 1150. The first-order valence-electron chi connectivity index (χ1n) is 8.01. The van der Waals surface area contributed by atoms with Gasteiger partial charge in [0.2, 0.25) is 0 Å². The number of aromatic nitrogens is 4. The van der Waals surface area contributed by atoms with Gasteiger partial charge in [-0.1, -0.05) is 59.6 Å². The molecule has 0 saturated heterocycles. The van der Waals surface area contributed by atoms with Gasteiger partial charge in [-0.3, -0.25) is 14.0 Å². The maximum absolute atomic E-state index is 12.8. The quantitative estimate of drug-likeness (QED) is 0.534. The average molecular weight is 385 g/mol. The van der Waals surface area contributed by atoms with Crippen LogP contribution in [0.1, 0.15) is 11.1 Å². The van der Waals surface area contributed by atoms with Gasteiger partial charge in [-0.25, -0.2) is 4.98 Å². The summed E-state index contributed by atoms with van der Waals surface area (Å²) in [5.41, 5.74) is 2.05. The molecule has 0 saturated carbocycles. The summed E-state index contributed by atoms with van der Waals surface area (Å²) in [4.78, 5) is 17.1. The number of nitrogens with zero attached hydrogens (tertiary/aromatic N) is 4. The Kier molecular flexibility index (Phi) is 4.49. The topological polar surface area (TPSA) is 52.7 Å². The van der Waals surface area contributed by atoms with Crippen LogP contribution in [0.2, 0.25) is 10.0 Å². The van der Waals surface area contributed by atoms with Gasteiger partial charge < -0.3 is 0 Å². The SMILES string of the molecule is O=c1c2cn(Cc3ccccc3Cl)nc2ncn1Cc1ccccc1Cl. The Balaban J connectivity index is 1.69. The molecule has 0 fully saturated rings. The van der Waals surface area contributed by atoms with E-state index in [-0.39, 0.29) is 5.56 Å². The van der Waals surface area contributed by atoms with Crippen molar-refractivity contribution < 1.29 is 0 Å². The fraction of sp³-hybridized carbons (Fsp3) is 0.105. The lowest BCUT2D eigenvalue weighted by molar-refractivity contribution is 0.693. The predicted molar refractivity (Wildman–Crippen MR) is 103 cm³/mol. The second-order valence-corrected chi connectivity index (χ2v) is 6.74. The van der Waals surface area contributed by atoms with Crippen LogP contribution in [-0.2, 0) is 13.1 Å². The third-order valence-electron chi connectivity index (χ3n) is 4.14. The van der Waals surface area contributed by atoms with Gasteiger partial charge in [0.05, 0.1) is 13.1 Å². The first-order chi connectivity index (χ1) is 12.6. The summed E-state index contributed by atoms with van der Waals surface area (Å²) in [5.74, 6) is 0. The number of halogens is 2. The van der Waals surface area contributed by atoms with Crippen molar-refractivity contribution in [1.82, 2.24) is 19.3 Å². The van der Waals surface area contributed by atoms with E-state index >= 15 is 0 Å². The molecule has 2 aromatic carbocycles. The molecule has 0 N–H and O–H groups in total. The Morgan fingerprint density at radius 3 is 2.15 bits per heavy atom. The number of benzene rings is 2. The van der Waals surface area contributed by atoms with Crippen LogP contribution in [0, 0.1) is 0 Å². The average Bonchev–Trinajstić information content (AvgIpc) is 3.05. The lowest BCUT2D eigenvalue weighted by Gasteiger charge is -2.06. The molecule has 0 aliphatic rings. The largest absolute Gasteiger partial charge is 0.294 e. The van der Waals surface area contributed by atoms with E-state index in [2.05, 4.69) is 10.1 Å². The zero-order valence-corrected chi connectivity index (χ0v) is 15.2. The summed E-state index contributed by atoms with van der Waals surface area (Å²) in [7, 11) is 0. The summed E-state index contributed by atoms with van der Waals surface area (Å²) >= 11 is 12.4. The van der Waals surface area contributed by atoms with E-state index in [4.69, 9.17) is 23.2 Å². The van der Waals surface area contributed by atoms with E-state index in [1.165, 1.54) is 10.9 Å². The predicted octanol–water partition coefficient (Wildman–Crippen LogP) is 4.00. The fourth-order valence-electron chi connectivity index (χ4n) is 2.79. The van der Waals surface area contributed by atoms with Crippen LogP contribution in [0.3, 0.4) is 0 Å². The Morgan fingerprint density at radius 1 is 0.885 bits per heavy atom. The Hall–Kier alpha value is -2.63. The van der Waals surface area contributed by atoms with Gasteiger partial charge in [0, 0.05) is 16.2 Å². The minimum atomic E-state index is -0.152. The van der Waals surface area contributed by atoms with Crippen LogP contribution in [-0.4, -0.2) is 19.3 Å². The second kappa shape index (κ2) is 6.94. The van der Waals surface area contributed by atoms with Crippen molar-refractivity contribution in [2.75, 3.05) is 0 Å². The van der Waals surface area contributed by atoms with Crippen LogP contribution in [0.25, 0.3) is 11.0 Å². The molecule has 5 nitrogen and oxygen atoms in total. The van der Waals surface area contributed by atoms with Gasteiger partial charge in [0.1, 0.15) is 11.7 Å². The Labute approximate surface area is 159 Å². The van der Waals surface area contributed by atoms with Gasteiger partial charge in [0.15, 0.2) is 5.65 Å².